The number of allylic oxidation sites excluding steroid dienone is 1. The van der Waals surface area contributed by atoms with Gasteiger partial charge in [0.15, 0.2) is 0 Å². The lowest BCUT2D eigenvalue weighted by molar-refractivity contribution is 0.455. The molecule has 0 aliphatic carbocycles. The smallest absolute Gasteiger partial charge is 0.0894 e. The van der Waals surface area contributed by atoms with Crippen molar-refractivity contribution in [3.05, 3.63) is 12.3 Å². The zero-order valence-corrected chi connectivity index (χ0v) is 6.62. The van der Waals surface area contributed by atoms with Crippen LogP contribution in [-0.2, 0) is 0 Å². The largest absolute Gasteiger partial charge is 0.389 e. The van der Waals surface area contributed by atoms with Crippen LogP contribution in [0.15, 0.2) is 12.3 Å². The van der Waals surface area contributed by atoms with Gasteiger partial charge in [0.25, 0.3) is 0 Å². The van der Waals surface area contributed by atoms with E-state index in [1.54, 1.807) is 0 Å². The minimum Gasteiger partial charge on any atom is -0.389 e. The van der Waals surface area contributed by atoms with E-state index in [9.17, 15) is 4.39 Å². The van der Waals surface area contributed by atoms with E-state index in [0.29, 0.717) is 6.42 Å². The van der Waals surface area contributed by atoms with E-state index in [1.165, 1.54) is 0 Å². The molecule has 0 amide bonds. The first-order valence-corrected chi connectivity index (χ1v) is 3.72. The summed E-state index contributed by atoms with van der Waals surface area (Å²) in [6, 6.07) is 0. The van der Waals surface area contributed by atoms with Gasteiger partial charge in [-0.25, -0.2) is 0 Å². The van der Waals surface area contributed by atoms with Crippen LogP contribution in [-0.4, -0.2) is 13.2 Å². The van der Waals surface area contributed by atoms with Gasteiger partial charge in [-0.2, -0.15) is 0 Å². The quantitative estimate of drug-likeness (QED) is 0.565. The summed E-state index contributed by atoms with van der Waals surface area (Å²) in [4.78, 5) is 0. The second-order valence-electron chi connectivity index (χ2n) is 2.46. The molecule has 0 radical (unpaired) electrons. The maximum Gasteiger partial charge on any atom is 0.0894 e. The van der Waals surface area contributed by atoms with E-state index in [2.05, 4.69) is 11.9 Å². The summed E-state index contributed by atoms with van der Waals surface area (Å²) in [5, 5.41) is 3.09. The molecular formula is C8H16FN. The highest BCUT2D eigenvalue weighted by Crippen LogP contribution is 1.94. The van der Waals surface area contributed by atoms with Gasteiger partial charge in [0.1, 0.15) is 0 Å². The first-order chi connectivity index (χ1) is 4.77. The summed E-state index contributed by atoms with van der Waals surface area (Å²) in [5.41, 5.74) is 0.986. The lowest BCUT2D eigenvalue weighted by Gasteiger charge is -2.02. The Bertz CT molecular complexity index is 91.3. The highest BCUT2D eigenvalue weighted by atomic mass is 19.1. The van der Waals surface area contributed by atoms with Crippen LogP contribution in [0.4, 0.5) is 4.39 Å². The third-order valence-electron chi connectivity index (χ3n) is 1.24. The summed E-state index contributed by atoms with van der Waals surface area (Å²) in [5.74, 6) is 0. The molecule has 0 aromatic carbocycles. The van der Waals surface area contributed by atoms with Gasteiger partial charge >= 0.3 is 0 Å². The Balaban J connectivity index is 2.84. The van der Waals surface area contributed by atoms with Crippen molar-refractivity contribution >= 4 is 0 Å². The number of nitrogens with one attached hydrogen (secondary N) is 1. The third-order valence-corrected chi connectivity index (χ3v) is 1.24. The number of hydrogen-bond donors (Lipinski definition) is 1. The zero-order valence-electron chi connectivity index (χ0n) is 6.62. The molecule has 0 aliphatic rings. The average Bonchev–Trinajstić information content (AvgIpc) is 1.87. The van der Waals surface area contributed by atoms with Gasteiger partial charge in [0.2, 0.25) is 0 Å². The lowest BCUT2D eigenvalue weighted by Crippen LogP contribution is -2.11. The van der Waals surface area contributed by atoms with Crippen LogP contribution in [0.5, 0.6) is 0 Å². The van der Waals surface area contributed by atoms with Crippen LogP contribution in [0.1, 0.15) is 26.2 Å². The lowest BCUT2D eigenvalue weighted by atomic mass is 10.2. The molecule has 0 spiro atoms. The Morgan fingerprint density at radius 3 is 2.60 bits per heavy atom. The number of rotatable bonds is 6. The topological polar surface area (TPSA) is 12.0 Å². The summed E-state index contributed by atoms with van der Waals surface area (Å²) >= 11 is 0. The summed E-state index contributed by atoms with van der Waals surface area (Å²) in [6.45, 7) is 6.35. The molecule has 0 saturated carbocycles. The van der Waals surface area contributed by atoms with Gasteiger partial charge in [-0.1, -0.05) is 6.58 Å². The fraction of sp³-hybridized carbons (Fsp3) is 0.750. The van der Waals surface area contributed by atoms with Gasteiger partial charge in [-0.15, -0.1) is 0 Å². The highest BCUT2D eigenvalue weighted by molar-refractivity contribution is 4.83. The molecule has 2 heteroatoms. The van der Waals surface area contributed by atoms with E-state index in [-0.39, 0.29) is 6.67 Å². The normalized spacial score (nSPS) is 9.40. The van der Waals surface area contributed by atoms with Gasteiger partial charge < -0.3 is 5.32 Å². The van der Waals surface area contributed by atoms with Gasteiger partial charge in [0, 0.05) is 12.2 Å². The molecule has 0 bridgehead atoms. The molecule has 0 saturated heterocycles. The molecule has 0 rings (SSSR count). The van der Waals surface area contributed by atoms with Crippen molar-refractivity contribution in [1.82, 2.24) is 5.32 Å². The van der Waals surface area contributed by atoms with Gasteiger partial charge in [0.05, 0.1) is 6.67 Å². The minimum atomic E-state index is -0.187. The Kier molecular flexibility index (Phi) is 6.24. The Labute approximate surface area is 62.3 Å². The zero-order chi connectivity index (χ0) is 7.82. The molecule has 0 atom stereocenters. The van der Waals surface area contributed by atoms with Crippen molar-refractivity contribution in [2.45, 2.75) is 26.2 Å². The first kappa shape index (κ1) is 9.47. The number of hydrogen-bond acceptors (Lipinski definition) is 1. The van der Waals surface area contributed by atoms with E-state index >= 15 is 0 Å². The monoisotopic (exact) mass is 145 g/mol. The van der Waals surface area contributed by atoms with Crippen molar-refractivity contribution in [3.63, 3.8) is 0 Å². The second kappa shape index (κ2) is 6.59. The molecule has 1 nitrogen and oxygen atoms in total. The average molecular weight is 145 g/mol. The predicted octanol–water partition coefficient (Wildman–Crippen LogP) is 2.25. The van der Waals surface area contributed by atoms with Gasteiger partial charge in [-0.05, 0) is 26.2 Å². The Morgan fingerprint density at radius 1 is 1.40 bits per heavy atom. The molecule has 0 aromatic heterocycles. The maximum atomic E-state index is 11.5. The molecule has 0 unspecified atom stereocenters. The summed E-state index contributed by atoms with van der Waals surface area (Å²) < 4.78 is 11.5. The summed E-state index contributed by atoms with van der Waals surface area (Å²) in [6.07, 6.45) is 2.70. The van der Waals surface area contributed by atoms with Crippen LogP contribution >= 0.6 is 0 Å². The number of halogens is 1. The highest BCUT2D eigenvalue weighted by Gasteiger charge is 1.87. The van der Waals surface area contributed by atoms with Crippen LogP contribution in [0.2, 0.25) is 0 Å². The Hall–Kier alpha value is -0.530. The van der Waals surface area contributed by atoms with Crippen molar-refractivity contribution in [3.8, 4) is 0 Å². The van der Waals surface area contributed by atoms with Crippen molar-refractivity contribution in [2.24, 2.45) is 0 Å². The van der Waals surface area contributed by atoms with E-state index in [4.69, 9.17) is 0 Å². The minimum absolute atomic E-state index is 0.187. The fourth-order valence-electron chi connectivity index (χ4n) is 0.698. The fourth-order valence-corrected chi connectivity index (χ4v) is 0.698. The summed E-state index contributed by atoms with van der Waals surface area (Å²) in [7, 11) is 0. The predicted molar refractivity (Wildman–Crippen MR) is 42.6 cm³/mol. The van der Waals surface area contributed by atoms with E-state index < -0.39 is 0 Å². The van der Waals surface area contributed by atoms with Crippen LogP contribution in [0, 0.1) is 0 Å². The third kappa shape index (κ3) is 7.47. The Morgan fingerprint density at radius 2 is 2.10 bits per heavy atom. The molecule has 60 valence electrons. The maximum absolute atomic E-state index is 11.5. The van der Waals surface area contributed by atoms with Crippen LogP contribution in [0.3, 0.4) is 0 Å². The molecular weight excluding hydrogens is 129 g/mol. The van der Waals surface area contributed by atoms with Crippen molar-refractivity contribution in [1.29, 1.82) is 0 Å². The van der Waals surface area contributed by atoms with Crippen molar-refractivity contribution < 1.29 is 4.39 Å². The standard InChI is InChI=1S/C8H16FN/c1-8(2)10-7-5-3-4-6-9/h10H,1,3-7H2,2H3. The second-order valence-corrected chi connectivity index (χ2v) is 2.46. The van der Waals surface area contributed by atoms with Crippen LogP contribution in [0.25, 0.3) is 0 Å². The van der Waals surface area contributed by atoms with Crippen LogP contribution < -0.4 is 5.32 Å². The number of alkyl halides is 1. The molecule has 0 aromatic rings. The van der Waals surface area contributed by atoms with E-state index in [1.807, 2.05) is 6.92 Å². The SMILES string of the molecule is C=C(C)NCCCCCF. The number of unbranched alkanes of at least 4 members (excludes halogenated alkanes) is 2. The molecule has 0 aliphatic heterocycles. The van der Waals surface area contributed by atoms with Crippen molar-refractivity contribution in [2.75, 3.05) is 13.2 Å². The first-order valence-electron chi connectivity index (χ1n) is 3.72. The molecule has 0 heterocycles. The van der Waals surface area contributed by atoms with E-state index in [0.717, 1.165) is 25.1 Å². The molecule has 10 heavy (non-hydrogen) atoms. The van der Waals surface area contributed by atoms with Gasteiger partial charge in [-0.3, -0.25) is 4.39 Å². The molecule has 1 N–H and O–H groups in total. The molecule has 0 fully saturated rings.